The molecule has 0 amide bonds. The van der Waals surface area contributed by atoms with Gasteiger partial charge in [0.1, 0.15) is 6.54 Å². The van der Waals surface area contributed by atoms with E-state index in [9.17, 15) is 8.42 Å². The maximum Gasteiger partial charge on any atom is 0.241 e. The van der Waals surface area contributed by atoms with Crippen LogP contribution >= 0.6 is 0 Å². The molecule has 8 nitrogen and oxygen atoms in total. The van der Waals surface area contributed by atoms with Crippen LogP contribution in [0, 0.1) is 5.41 Å². The molecule has 9 heteroatoms. The molecule has 1 atom stereocenters. The molecule has 1 aliphatic carbocycles. The first-order valence-corrected chi connectivity index (χ1v) is 10.0. The number of hydrogen-bond acceptors (Lipinski definition) is 6. The van der Waals surface area contributed by atoms with Crippen molar-refractivity contribution in [2.45, 2.75) is 43.7 Å². The van der Waals surface area contributed by atoms with Crippen LogP contribution in [0.5, 0.6) is 0 Å². The normalized spacial score (nSPS) is 16.9. The van der Waals surface area contributed by atoms with Crippen LogP contribution in [0.15, 0.2) is 35.4 Å². The highest BCUT2D eigenvalue weighted by molar-refractivity contribution is 7.89. The second-order valence-corrected chi connectivity index (χ2v) is 7.91. The second-order valence-electron chi connectivity index (χ2n) is 6.20. The van der Waals surface area contributed by atoms with Crippen LogP contribution in [-0.4, -0.2) is 30.7 Å². The molecule has 0 saturated carbocycles. The average Bonchev–Trinajstić information content (AvgIpc) is 2.99. The van der Waals surface area contributed by atoms with Crippen molar-refractivity contribution in [1.29, 1.82) is 5.41 Å². The fourth-order valence-electron chi connectivity index (χ4n) is 3.17. The number of ether oxygens (including phenoxy) is 1. The Hall–Kier alpha value is -2.39. The highest BCUT2D eigenvalue weighted by Gasteiger charge is 2.28. The zero-order chi connectivity index (χ0) is 18.7. The number of fused-ring (bicyclic) bond motifs is 1. The summed E-state index contributed by atoms with van der Waals surface area (Å²) in [6.45, 7) is 2.51. The van der Waals surface area contributed by atoms with E-state index in [1.807, 2.05) is 6.92 Å². The topological polar surface area (TPSA) is 123 Å². The van der Waals surface area contributed by atoms with Gasteiger partial charge in [-0.25, -0.2) is 13.1 Å². The van der Waals surface area contributed by atoms with Gasteiger partial charge in [-0.15, -0.1) is 0 Å². The van der Waals surface area contributed by atoms with Crippen molar-refractivity contribution >= 4 is 21.6 Å². The second kappa shape index (κ2) is 7.46. The predicted octanol–water partition coefficient (Wildman–Crippen LogP) is 1.83. The lowest BCUT2D eigenvalue weighted by Gasteiger charge is -2.24. The van der Waals surface area contributed by atoms with Gasteiger partial charge in [0.25, 0.3) is 0 Å². The average molecular weight is 377 g/mol. The summed E-state index contributed by atoms with van der Waals surface area (Å²) in [7, 11) is -3.68. The van der Waals surface area contributed by atoms with Gasteiger partial charge in [0.05, 0.1) is 23.7 Å². The number of aromatic nitrogens is 2. The first kappa shape index (κ1) is 18.4. The predicted molar refractivity (Wildman–Crippen MR) is 98.4 cm³/mol. The summed E-state index contributed by atoms with van der Waals surface area (Å²) in [5, 5.41) is 12.1. The molecule has 26 heavy (non-hydrogen) atoms. The third kappa shape index (κ3) is 3.88. The van der Waals surface area contributed by atoms with Crippen molar-refractivity contribution in [3.05, 3.63) is 41.7 Å². The van der Waals surface area contributed by atoms with Crippen LogP contribution in [0.4, 0.5) is 5.69 Å². The van der Waals surface area contributed by atoms with Gasteiger partial charge in [-0.1, -0.05) is 6.07 Å². The minimum Gasteiger partial charge on any atom is -0.480 e. The highest BCUT2D eigenvalue weighted by Crippen LogP contribution is 2.31. The molecule has 0 saturated heterocycles. The van der Waals surface area contributed by atoms with Gasteiger partial charge in [0.2, 0.25) is 15.9 Å². The Labute approximate surface area is 152 Å². The number of sulfonamides is 1. The molecule has 140 valence electrons. The molecule has 3 rings (SSSR count). The Bertz CT molecular complexity index is 907. The number of nitrogens with one attached hydrogen (secondary N) is 2. The van der Waals surface area contributed by atoms with Crippen LogP contribution in [0.2, 0.25) is 0 Å². The molecule has 1 unspecified atom stereocenters. The molecule has 2 aromatic rings. The number of rotatable bonds is 6. The monoisotopic (exact) mass is 377 g/mol. The van der Waals surface area contributed by atoms with Crippen molar-refractivity contribution in [3.63, 3.8) is 0 Å². The quantitative estimate of drug-likeness (QED) is 0.403. The zero-order valence-corrected chi connectivity index (χ0v) is 15.4. The van der Waals surface area contributed by atoms with Crippen molar-refractivity contribution in [2.24, 2.45) is 0 Å². The Kier molecular flexibility index (Phi) is 5.28. The Morgan fingerprint density at radius 1 is 1.50 bits per heavy atom. The molecular weight excluding hydrogens is 354 g/mol. The summed E-state index contributed by atoms with van der Waals surface area (Å²) in [6.07, 6.45) is 4.01. The minimum atomic E-state index is -3.68. The molecule has 1 aliphatic rings. The Morgan fingerprint density at radius 3 is 3.04 bits per heavy atom. The SMILES string of the molecule is CCOC(=N)Cn1ncc2c1CCCC2NS(=O)(=O)c1cccc(N)c1. The Balaban J connectivity index is 1.82. The lowest BCUT2D eigenvalue weighted by atomic mass is 9.94. The molecule has 0 fully saturated rings. The molecular formula is C17H23N5O3S. The molecule has 0 bridgehead atoms. The lowest BCUT2D eigenvalue weighted by Crippen LogP contribution is -2.31. The molecule has 1 heterocycles. The van der Waals surface area contributed by atoms with Crippen molar-refractivity contribution < 1.29 is 13.2 Å². The summed E-state index contributed by atoms with van der Waals surface area (Å²) in [4.78, 5) is 0.148. The van der Waals surface area contributed by atoms with Crippen LogP contribution in [0.3, 0.4) is 0 Å². The number of benzene rings is 1. The van der Waals surface area contributed by atoms with Crippen LogP contribution in [0.25, 0.3) is 0 Å². The smallest absolute Gasteiger partial charge is 0.241 e. The van der Waals surface area contributed by atoms with Gasteiger partial charge in [0, 0.05) is 16.9 Å². The van der Waals surface area contributed by atoms with Crippen LogP contribution in [0.1, 0.15) is 37.1 Å². The standard InChI is InChI=1S/C17H23N5O3S/c1-2-25-17(19)11-22-16-8-4-7-15(14(16)10-20-22)21-26(23,24)13-6-3-5-12(18)9-13/h3,5-6,9-10,15,19,21H,2,4,7-8,11,18H2,1H3. The zero-order valence-electron chi connectivity index (χ0n) is 14.6. The van der Waals surface area contributed by atoms with E-state index < -0.39 is 10.0 Å². The maximum absolute atomic E-state index is 12.7. The molecule has 1 aromatic carbocycles. The number of nitrogen functional groups attached to an aromatic ring is 1. The molecule has 4 N–H and O–H groups in total. The molecule has 0 spiro atoms. The summed E-state index contributed by atoms with van der Waals surface area (Å²) in [5.74, 6) is 0.140. The molecule has 0 radical (unpaired) electrons. The first-order valence-electron chi connectivity index (χ1n) is 8.53. The molecule has 1 aromatic heterocycles. The van der Waals surface area contributed by atoms with E-state index in [1.165, 1.54) is 12.1 Å². The van der Waals surface area contributed by atoms with Gasteiger partial charge in [-0.3, -0.25) is 10.1 Å². The third-order valence-corrected chi connectivity index (χ3v) is 5.81. The third-order valence-electron chi connectivity index (χ3n) is 4.34. The van der Waals surface area contributed by atoms with Gasteiger partial charge in [-0.2, -0.15) is 5.10 Å². The van der Waals surface area contributed by atoms with E-state index in [1.54, 1.807) is 23.0 Å². The van der Waals surface area contributed by atoms with Crippen molar-refractivity contribution in [3.8, 4) is 0 Å². The van der Waals surface area contributed by atoms with Crippen LogP contribution in [-0.2, 0) is 27.7 Å². The van der Waals surface area contributed by atoms with Gasteiger partial charge in [-0.05, 0) is 44.4 Å². The van der Waals surface area contributed by atoms with Crippen molar-refractivity contribution in [1.82, 2.24) is 14.5 Å². The maximum atomic E-state index is 12.7. The van der Waals surface area contributed by atoms with Gasteiger partial charge in [0.15, 0.2) is 0 Å². The number of nitrogens with zero attached hydrogens (tertiary/aromatic N) is 2. The van der Waals surface area contributed by atoms with E-state index in [2.05, 4.69) is 9.82 Å². The highest BCUT2D eigenvalue weighted by atomic mass is 32.2. The largest absolute Gasteiger partial charge is 0.480 e. The minimum absolute atomic E-state index is 0.140. The fourth-order valence-corrected chi connectivity index (χ4v) is 4.47. The number of anilines is 1. The summed E-state index contributed by atoms with van der Waals surface area (Å²) in [5.41, 5.74) is 7.90. The summed E-state index contributed by atoms with van der Waals surface area (Å²) >= 11 is 0. The lowest BCUT2D eigenvalue weighted by molar-refractivity contribution is 0.307. The number of hydrogen-bond donors (Lipinski definition) is 3. The molecule has 0 aliphatic heterocycles. The van der Waals surface area contributed by atoms with Gasteiger partial charge < -0.3 is 10.5 Å². The number of nitrogens with two attached hydrogens (primary N) is 1. The van der Waals surface area contributed by atoms with E-state index in [4.69, 9.17) is 15.9 Å². The summed E-state index contributed by atoms with van der Waals surface area (Å²) < 4.78 is 35.0. The summed E-state index contributed by atoms with van der Waals surface area (Å²) in [6, 6.07) is 5.89. The van der Waals surface area contributed by atoms with E-state index in [0.717, 1.165) is 24.1 Å². The van der Waals surface area contributed by atoms with E-state index in [0.29, 0.717) is 18.7 Å². The Morgan fingerprint density at radius 2 is 2.31 bits per heavy atom. The van der Waals surface area contributed by atoms with Crippen molar-refractivity contribution in [2.75, 3.05) is 12.3 Å². The first-order chi connectivity index (χ1) is 12.4. The van der Waals surface area contributed by atoms with E-state index >= 15 is 0 Å². The van der Waals surface area contributed by atoms with Gasteiger partial charge >= 0.3 is 0 Å². The van der Waals surface area contributed by atoms with E-state index in [-0.39, 0.29) is 23.4 Å². The fraction of sp³-hybridized carbons (Fsp3) is 0.412. The van der Waals surface area contributed by atoms with Crippen LogP contribution < -0.4 is 10.5 Å².